The van der Waals surface area contributed by atoms with Crippen LogP contribution in [0.15, 0.2) is 12.1 Å². The van der Waals surface area contributed by atoms with E-state index >= 15 is 0 Å². The second kappa shape index (κ2) is 5.60. The third-order valence-corrected chi connectivity index (χ3v) is 4.27. The molecule has 0 saturated carbocycles. The van der Waals surface area contributed by atoms with E-state index in [4.69, 9.17) is 4.74 Å². The molecule has 0 radical (unpaired) electrons. The Labute approximate surface area is 104 Å². The predicted molar refractivity (Wildman–Crippen MR) is 68.6 cm³/mol. The molecule has 1 N–H and O–H groups in total. The summed E-state index contributed by atoms with van der Waals surface area (Å²) in [6, 6.07) is 3.74. The molecule has 1 aliphatic rings. The second-order valence-corrected chi connectivity index (χ2v) is 5.92. The van der Waals surface area contributed by atoms with Crippen LogP contribution in [0.25, 0.3) is 0 Å². The van der Waals surface area contributed by atoms with Crippen LogP contribution < -0.4 is 10.1 Å². The van der Waals surface area contributed by atoms with Crippen LogP contribution in [0.2, 0.25) is 0 Å². The summed E-state index contributed by atoms with van der Waals surface area (Å²) in [6.07, 6.45) is 0. The molecule has 1 atom stereocenters. The van der Waals surface area contributed by atoms with Gasteiger partial charge in [0.15, 0.2) is 0 Å². The molecule has 94 valence electrons. The zero-order valence-electron chi connectivity index (χ0n) is 10.2. The van der Waals surface area contributed by atoms with Crippen molar-refractivity contribution in [1.29, 1.82) is 0 Å². The lowest BCUT2D eigenvalue weighted by Crippen LogP contribution is -2.44. The van der Waals surface area contributed by atoms with E-state index in [1.54, 1.807) is 7.11 Å². The monoisotopic (exact) mass is 254 g/mol. The summed E-state index contributed by atoms with van der Waals surface area (Å²) in [4.78, 5) is 4.38. The van der Waals surface area contributed by atoms with Gasteiger partial charge in [0, 0.05) is 47.5 Å². The van der Waals surface area contributed by atoms with Crippen LogP contribution in [0.5, 0.6) is 5.75 Å². The second-order valence-electron chi connectivity index (χ2n) is 4.41. The lowest BCUT2D eigenvalue weighted by atomic mass is 10.1. The molecule has 1 saturated heterocycles. The van der Waals surface area contributed by atoms with E-state index in [1.165, 1.54) is 0 Å². The van der Waals surface area contributed by atoms with Crippen LogP contribution in [0.4, 0.5) is 0 Å². The number of nitrogens with zero attached hydrogens (tertiary/aromatic N) is 1. The summed E-state index contributed by atoms with van der Waals surface area (Å²) in [5.41, 5.74) is 1.76. The molecule has 0 bridgehead atoms. The number of aryl methyl sites for hydroxylation is 1. The minimum Gasteiger partial charge on any atom is -0.497 e. The highest BCUT2D eigenvalue weighted by molar-refractivity contribution is 7.84. The fourth-order valence-corrected chi connectivity index (χ4v) is 3.20. The Morgan fingerprint density at radius 3 is 2.88 bits per heavy atom. The van der Waals surface area contributed by atoms with Gasteiger partial charge in [-0.2, -0.15) is 0 Å². The number of methoxy groups -OCH3 is 1. The fourth-order valence-electron chi connectivity index (χ4n) is 1.85. The minimum atomic E-state index is -0.826. The first-order chi connectivity index (χ1) is 8.17. The summed E-state index contributed by atoms with van der Waals surface area (Å²) < 4.78 is 17.1. The lowest BCUT2D eigenvalue weighted by Gasteiger charge is -2.26. The summed E-state index contributed by atoms with van der Waals surface area (Å²) in [5, 5.41) is 3.19. The zero-order valence-corrected chi connectivity index (χ0v) is 11.0. The first kappa shape index (κ1) is 12.5. The van der Waals surface area contributed by atoms with E-state index in [2.05, 4.69) is 10.3 Å². The molecule has 0 aromatic carbocycles. The summed E-state index contributed by atoms with van der Waals surface area (Å²) >= 11 is 0. The maximum Gasteiger partial charge on any atom is 0.122 e. The molecular formula is C12H18N2O2S. The summed E-state index contributed by atoms with van der Waals surface area (Å²) in [7, 11) is 0.808. The molecule has 0 aliphatic carbocycles. The van der Waals surface area contributed by atoms with Crippen molar-refractivity contribution in [3.8, 4) is 5.75 Å². The number of pyridine rings is 1. The topological polar surface area (TPSA) is 51.2 Å². The fraction of sp³-hybridized carbons (Fsp3) is 0.583. The van der Waals surface area contributed by atoms with Gasteiger partial charge in [0.1, 0.15) is 5.75 Å². The first-order valence-electron chi connectivity index (χ1n) is 5.74. The minimum absolute atomic E-state index is 0.522. The molecule has 1 unspecified atom stereocenters. The van der Waals surface area contributed by atoms with Gasteiger partial charge >= 0.3 is 0 Å². The average molecular weight is 254 g/mol. The highest BCUT2D eigenvalue weighted by Crippen LogP contribution is 2.15. The van der Waals surface area contributed by atoms with Crippen molar-refractivity contribution in [3.63, 3.8) is 0 Å². The Hall–Kier alpha value is -0.940. The number of aromatic nitrogens is 1. The van der Waals surface area contributed by atoms with Crippen LogP contribution in [-0.2, 0) is 16.6 Å². The Morgan fingerprint density at radius 1 is 1.53 bits per heavy atom. The van der Waals surface area contributed by atoms with Gasteiger partial charge in [0.2, 0.25) is 0 Å². The Bertz CT molecular complexity index is 419. The maximum atomic E-state index is 11.9. The van der Waals surface area contributed by atoms with Crippen molar-refractivity contribution < 1.29 is 8.95 Å². The van der Waals surface area contributed by atoms with Gasteiger partial charge in [0.05, 0.1) is 18.6 Å². The van der Waals surface area contributed by atoms with E-state index in [1.807, 2.05) is 19.1 Å². The van der Waals surface area contributed by atoms with E-state index in [0.29, 0.717) is 11.7 Å². The smallest absolute Gasteiger partial charge is 0.122 e. The van der Waals surface area contributed by atoms with Crippen LogP contribution in [0.3, 0.4) is 0 Å². The molecule has 2 heterocycles. The molecule has 0 amide bonds. The Balaban J connectivity index is 1.96. The molecule has 1 aliphatic heterocycles. The highest BCUT2D eigenvalue weighted by Gasteiger charge is 2.19. The average Bonchev–Trinajstić information content (AvgIpc) is 2.22. The summed E-state index contributed by atoms with van der Waals surface area (Å²) in [5.74, 6) is 2.65. The molecule has 1 aromatic rings. The molecule has 0 spiro atoms. The largest absolute Gasteiger partial charge is 0.497 e. The van der Waals surface area contributed by atoms with Crippen molar-refractivity contribution in [3.05, 3.63) is 23.5 Å². The zero-order chi connectivity index (χ0) is 12.3. The molecular weight excluding hydrogens is 236 g/mol. The molecule has 2 rings (SSSR count). The van der Waals surface area contributed by atoms with E-state index in [-0.39, 0.29) is 0 Å². The molecule has 4 nitrogen and oxygen atoms in total. The number of rotatable bonds is 5. The van der Waals surface area contributed by atoms with Crippen molar-refractivity contribution >= 4 is 10.8 Å². The van der Waals surface area contributed by atoms with Gasteiger partial charge < -0.3 is 10.1 Å². The van der Waals surface area contributed by atoms with Crippen molar-refractivity contribution in [2.75, 3.05) is 26.0 Å². The van der Waals surface area contributed by atoms with Gasteiger partial charge in [-0.3, -0.25) is 9.19 Å². The first-order valence-corrected chi connectivity index (χ1v) is 7.23. The Kier molecular flexibility index (Phi) is 4.12. The molecule has 17 heavy (non-hydrogen) atoms. The molecule has 1 aromatic heterocycles. The molecule has 1 fully saturated rings. The van der Waals surface area contributed by atoms with Gasteiger partial charge in [-0.1, -0.05) is 0 Å². The van der Waals surface area contributed by atoms with Crippen LogP contribution in [0, 0.1) is 12.8 Å². The number of hydrogen-bond donors (Lipinski definition) is 1. The van der Waals surface area contributed by atoms with E-state index in [0.717, 1.165) is 36.0 Å². The van der Waals surface area contributed by atoms with Gasteiger partial charge in [-0.25, -0.2) is 0 Å². The summed E-state index contributed by atoms with van der Waals surface area (Å²) in [6.45, 7) is 3.91. The van der Waals surface area contributed by atoms with Crippen LogP contribution in [0.1, 0.15) is 11.4 Å². The van der Waals surface area contributed by atoms with Crippen molar-refractivity contribution in [1.82, 2.24) is 10.3 Å². The lowest BCUT2D eigenvalue weighted by molar-refractivity contribution is 0.382. The number of hydrogen-bond acceptors (Lipinski definition) is 4. The number of ether oxygens (including phenoxy) is 1. The third kappa shape index (κ3) is 3.51. The SMILES string of the molecule is COc1cc(C)nc(CS(=O)CC2CNC2)c1. The van der Waals surface area contributed by atoms with Gasteiger partial charge in [-0.15, -0.1) is 0 Å². The van der Waals surface area contributed by atoms with Crippen molar-refractivity contribution in [2.24, 2.45) is 5.92 Å². The van der Waals surface area contributed by atoms with Crippen LogP contribution in [-0.4, -0.2) is 35.1 Å². The van der Waals surface area contributed by atoms with E-state index < -0.39 is 10.8 Å². The molecule has 5 heteroatoms. The van der Waals surface area contributed by atoms with Gasteiger partial charge in [-0.05, 0) is 12.8 Å². The normalized spacial score (nSPS) is 17.5. The number of nitrogens with one attached hydrogen (secondary N) is 1. The van der Waals surface area contributed by atoms with Crippen molar-refractivity contribution in [2.45, 2.75) is 12.7 Å². The van der Waals surface area contributed by atoms with Gasteiger partial charge in [0.25, 0.3) is 0 Å². The highest BCUT2D eigenvalue weighted by atomic mass is 32.2. The van der Waals surface area contributed by atoms with E-state index in [9.17, 15) is 4.21 Å². The quantitative estimate of drug-likeness (QED) is 0.847. The maximum absolute atomic E-state index is 11.9. The predicted octanol–water partition coefficient (Wildman–Crippen LogP) is 0.867. The standard InChI is InChI=1S/C12H18N2O2S/c1-9-3-12(16-2)4-11(14-9)8-17(15)7-10-5-13-6-10/h3-4,10,13H,5-8H2,1-2H3. The Morgan fingerprint density at radius 2 is 2.29 bits per heavy atom. The third-order valence-electron chi connectivity index (χ3n) is 2.81. The van der Waals surface area contributed by atoms with Crippen LogP contribution >= 0.6 is 0 Å².